The van der Waals surface area contributed by atoms with Gasteiger partial charge in [-0.05, 0) is 35.4 Å². The Balaban J connectivity index is 0.00000364. The minimum Gasteiger partial charge on any atom is -0.352 e. The molecule has 0 atom stereocenters. The van der Waals surface area contributed by atoms with E-state index in [0.29, 0.717) is 12.1 Å². The van der Waals surface area contributed by atoms with Gasteiger partial charge in [-0.2, -0.15) is 0 Å². The summed E-state index contributed by atoms with van der Waals surface area (Å²) in [5.41, 5.74) is 3.00. The van der Waals surface area contributed by atoms with Crippen molar-refractivity contribution in [1.29, 1.82) is 0 Å². The van der Waals surface area contributed by atoms with Crippen LogP contribution in [0.5, 0.6) is 0 Å². The summed E-state index contributed by atoms with van der Waals surface area (Å²) in [7, 11) is 7.29. The second kappa shape index (κ2) is 11.3. The smallest absolute Gasteiger partial charge is 0.253 e. The fourth-order valence-electron chi connectivity index (χ4n) is 2.53. The van der Waals surface area contributed by atoms with Gasteiger partial charge in [0.05, 0.1) is 0 Å². The average Bonchev–Trinajstić information content (AvgIpc) is 2.64. The number of rotatable bonds is 5. The molecule has 0 fully saturated rings. The molecule has 0 saturated carbocycles. The number of amides is 1. The average molecular weight is 545 g/mol. The maximum atomic E-state index is 11.9. The number of nitrogens with one attached hydrogen (secondary N) is 1. The van der Waals surface area contributed by atoms with Gasteiger partial charge in [-0.15, -0.1) is 24.0 Å². The summed E-state index contributed by atoms with van der Waals surface area (Å²) in [6.07, 6.45) is 0. The van der Waals surface area contributed by atoms with Crippen LogP contribution in [0.4, 0.5) is 0 Å². The van der Waals surface area contributed by atoms with Crippen LogP contribution in [0.3, 0.4) is 0 Å². The zero-order valence-corrected chi connectivity index (χ0v) is 20.0. The Kier molecular flexibility index (Phi) is 9.79. The predicted octanol–water partition coefficient (Wildman–Crippen LogP) is 3.98. The second-order valence-electron chi connectivity index (χ2n) is 6.28. The largest absolute Gasteiger partial charge is 0.352 e. The molecule has 0 spiro atoms. The maximum absolute atomic E-state index is 11.9. The van der Waals surface area contributed by atoms with Crippen molar-refractivity contribution < 1.29 is 4.79 Å². The van der Waals surface area contributed by atoms with E-state index in [1.807, 2.05) is 43.4 Å². The highest BCUT2D eigenvalue weighted by molar-refractivity contribution is 14.0. The fraction of sp³-hybridized carbons (Fsp3) is 0.300. The van der Waals surface area contributed by atoms with E-state index in [4.69, 9.17) is 0 Å². The van der Waals surface area contributed by atoms with Crippen LogP contribution in [0.2, 0.25) is 0 Å². The van der Waals surface area contributed by atoms with Crippen molar-refractivity contribution in [2.45, 2.75) is 13.1 Å². The third-order valence-corrected chi connectivity index (χ3v) is 4.49. The molecule has 0 unspecified atom stereocenters. The molecule has 5 nitrogen and oxygen atoms in total. The zero-order valence-electron chi connectivity index (χ0n) is 16.1. The van der Waals surface area contributed by atoms with Crippen molar-refractivity contribution in [3.05, 3.63) is 69.7 Å². The number of aliphatic imine (C=N–C) groups is 1. The van der Waals surface area contributed by atoms with Gasteiger partial charge in [0.15, 0.2) is 5.96 Å². The molecular weight excluding hydrogens is 519 g/mol. The van der Waals surface area contributed by atoms with E-state index in [9.17, 15) is 4.79 Å². The van der Waals surface area contributed by atoms with Crippen LogP contribution >= 0.6 is 39.9 Å². The van der Waals surface area contributed by atoms with E-state index in [1.165, 1.54) is 5.56 Å². The van der Waals surface area contributed by atoms with Crippen LogP contribution in [-0.2, 0) is 13.1 Å². The molecule has 7 heteroatoms. The Morgan fingerprint density at radius 2 is 1.56 bits per heavy atom. The number of guanidine groups is 1. The third-order valence-electron chi connectivity index (χ3n) is 3.96. The van der Waals surface area contributed by atoms with Gasteiger partial charge >= 0.3 is 0 Å². The summed E-state index contributed by atoms with van der Waals surface area (Å²) in [6, 6.07) is 15.9. The highest BCUT2D eigenvalue weighted by atomic mass is 127. The van der Waals surface area contributed by atoms with Crippen LogP contribution in [0.1, 0.15) is 21.5 Å². The van der Waals surface area contributed by atoms with E-state index in [1.54, 1.807) is 26.0 Å². The molecule has 0 heterocycles. The molecule has 0 aliphatic heterocycles. The van der Waals surface area contributed by atoms with Gasteiger partial charge in [0.1, 0.15) is 0 Å². The van der Waals surface area contributed by atoms with Crippen molar-refractivity contribution in [3.63, 3.8) is 0 Å². The molecule has 146 valence electrons. The van der Waals surface area contributed by atoms with Crippen LogP contribution in [-0.4, -0.2) is 49.9 Å². The Bertz CT molecular complexity index is 761. The molecule has 1 N–H and O–H groups in total. The molecule has 0 aliphatic rings. The van der Waals surface area contributed by atoms with E-state index < -0.39 is 0 Å². The second-order valence-corrected chi connectivity index (χ2v) is 7.20. The summed E-state index contributed by atoms with van der Waals surface area (Å²) in [5, 5.41) is 3.36. The van der Waals surface area contributed by atoms with Gasteiger partial charge in [0, 0.05) is 51.3 Å². The summed E-state index contributed by atoms with van der Waals surface area (Å²) in [5.74, 6) is 0.830. The fourth-order valence-corrected chi connectivity index (χ4v) is 2.79. The highest BCUT2D eigenvalue weighted by Crippen LogP contribution is 2.12. The maximum Gasteiger partial charge on any atom is 0.253 e. The Labute approximate surface area is 187 Å². The van der Waals surface area contributed by atoms with Crippen LogP contribution in [0.15, 0.2) is 58.0 Å². The van der Waals surface area contributed by atoms with Crippen molar-refractivity contribution >= 4 is 51.8 Å². The third kappa shape index (κ3) is 7.14. The molecule has 2 rings (SSSR count). The van der Waals surface area contributed by atoms with E-state index >= 15 is 0 Å². The number of hydrogen-bond acceptors (Lipinski definition) is 2. The number of hydrogen-bond donors (Lipinski definition) is 1. The molecule has 0 aliphatic carbocycles. The lowest BCUT2D eigenvalue weighted by Crippen LogP contribution is -2.38. The van der Waals surface area contributed by atoms with Gasteiger partial charge in [0.25, 0.3) is 5.91 Å². The number of halogens is 2. The first kappa shape index (κ1) is 23.4. The molecule has 2 aromatic rings. The zero-order chi connectivity index (χ0) is 19.1. The molecule has 0 aromatic heterocycles. The monoisotopic (exact) mass is 544 g/mol. The summed E-state index contributed by atoms with van der Waals surface area (Å²) >= 11 is 3.45. The van der Waals surface area contributed by atoms with Crippen molar-refractivity contribution in [2.24, 2.45) is 4.99 Å². The molecular formula is C20H26BrIN4O. The summed E-state index contributed by atoms with van der Waals surface area (Å²) < 4.78 is 1.07. The van der Waals surface area contributed by atoms with Crippen molar-refractivity contribution in [2.75, 3.05) is 28.2 Å². The molecule has 1 amide bonds. The first-order chi connectivity index (χ1) is 12.4. The molecule has 0 radical (unpaired) electrons. The molecule has 0 saturated heterocycles. The predicted molar refractivity (Wildman–Crippen MR) is 126 cm³/mol. The lowest BCUT2D eigenvalue weighted by atomic mass is 10.1. The van der Waals surface area contributed by atoms with Gasteiger partial charge in [-0.1, -0.05) is 40.2 Å². The molecule has 0 bridgehead atoms. The van der Waals surface area contributed by atoms with Crippen molar-refractivity contribution in [3.8, 4) is 0 Å². The number of carbonyl (C=O) groups excluding carboxylic acids is 1. The standard InChI is InChI=1S/C20H25BrN4O.HI/c1-22-20(25(4)14-16-7-11-18(21)12-8-16)23-13-15-5-9-17(10-6-15)19(26)24(2)3;/h5-12H,13-14H2,1-4H3,(H,22,23);1H. The minimum absolute atomic E-state index is 0. The summed E-state index contributed by atoms with van der Waals surface area (Å²) in [6.45, 7) is 1.41. The lowest BCUT2D eigenvalue weighted by molar-refractivity contribution is 0.0827. The topological polar surface area (TPSA) is 47.9 Å². The first-order valence-electron chi connectivity index (χ1n) is 8.37. The summed E-state index contributed by atoms with van der Waals surface area (Å²) in [4.78, 5) is 19.9. The first-order valence-corrected chi connectivity index (χ1v) is 9.17. The lowest BCUT2D eigenvalue weighted by Gasteiger charge is -2.22. The minimum atomic E-state index is 0. The highest BCUT2D eigenvalue weighted by Gasteiger charge is 2.09. The van der Waals surface area contributed by atoms with Gasteiger partial charge in [-0.25, -0.2) is 0 Å². The Morgan fingerprint density at radius 1 is 1.00 bits per heavy atom. The molecule has 2 aromatic carbocycles. The number of nitrogens with zero attached hydrogens (tertiary/aromatic N) is 3. The SMILES string of the molecule is CN=C(NCc1ccc(C(=O)N(C)C)cc1)N(C)Cc1ccc(Br)cc1.I. The van der Waals surface area contributed by atoms with Crippen LogP contribution in [0, 0.1) is 0 Å². The Hall–Kier alpha value is -1.61. The molecule has 27 heavy (non-hydrogen) atoms. The normalized spacial score (nSPS) is 10.8. The van der Waals surface area contributed by atoms with E-state index in [0.717, 1.165) is 22.5 Å². The van der Waals surface area contributed by atoms with Crippen molar-refractivity contribution in [1.82, 2.24) is 15.1 Å². The number of carbonyl (C=O) groups is 1. The van der Waals surface area contributed by atoms with E-state index in [2.05, 4.69) is 43.3 Å². The van der Waals surface area contributed by atoms with Crippen LogP contribution < -0.4 is 5.32 Å². The van der Waals surface area contributed by atoms with Gasteiger partial charge < -0.3 is 15.1 Å². The van der Waals surface area contributed by atoms with E-state index in [-0.39, 0.29) is 29.9 Å². The Morgan fingerprint density at radius 3 is 2.07 bits per heavy atom. The number of benzene rings is 2. The van der Waals surface area contributed by atoms with Gasteiger partial charge in [0.2, 0.25) is 0 Å². The van der Waals surface area contributed by atoms with Crippen LogP contribution in [0.25, 0.3) is 0 Å². The van der Waals surface area contributed by atoms with Gasteiger partial charge in [-0.3, -0.25) is 9.79 Å². The quantitative estimate of drug-likeness (QED) is 0.352.